The Bertz CT molecular complexity index is 579. The molecule has 0 spiro atoms. The molecule has 1 heterocycles. The maximum absolute atomic E-state index is 13.6. The zero-order valence-electron chi connectivity index (χ0n) is 10.5. The van der Waals surface area contributed by atoms with Crippen molar-refractivity contribution < 1.29 is 13.2 Å². The maximum Gasteiger partial charge on any atom is 0.163 e. The molecule has 1 aliphatic carbocycles. The SMILES string of the molecule is Fc1cccc(CNC2CCCc3occc32)c1F. The molecule has 1 aromatic heterocycles. The van der Waals surface area contributed by atoms with Crippen LogP contribution in [-0.4, -0.2) is 0 Å². The molecule has 0 bridgehead atoms. The van der Waals surface area contributed by atoms with E-state index < -0.39 is 11.6 Å². The standard InChI is InChI=1S/C15H15F2NO/c16-12-4-1-3-10(15(12)17)9-18-13-5-2-6-14-11(13)7-8-19-14/h1,3-4,7-8,13,18H,2,5-6,9H2. The summed E-state index contributed by atoms with van der Waals surface area (Å²) in [4.78, 5) is 0. The van der Waals surface area contributed by atoms with Crippen molar-refractivity contribution in [3.05, 3.63) is 59.1 Å². The van der Waals surface area contributed by atoms with Crippen molar-refractivity contribution in [3.8, 4) is 0 Å². The van der Waals surface area contributed by atoms with Crippen LogP contribution in [0.15, 0.2) is 34.9 Å². The second-order valence-corrected chi connectivity index (χ2v) is 4.84. The summed E-state index contributed by atoms with van der Waals surface area (Å²) in [6.45, 7) is 0.318. The first-order valence-electron chi connectivity index (χ1n) is 6.48. The van der Waals surface area contributed by atoms with Gasteiger partial charge in [0.25, 0.3) is 0 Å². The van der Waals surface area contributed by atoms with E-state index in [0.29, 0.717) is 12.1 Å². The van der Waals surface area contributed by atoms with Crippen molar-refractivity contribution in [3.63, 3.8) is 0 Å². The van der Waals surface area contributed by atoms with Gasteiger partial charge in [-0.1, -0.05) is 12.1 Å². The van der Waals surface area contributed by atoms with E-state index in [0.717, 1.165) is 36.7 Å². The van der Waals surface area contributed by atoms with E-state index >= 15 is 0 Å². The summed E-state index contributed by atoms with van der Waals surface area (Å²) < 4.78 is 32.1. The number of nitrogens with one attached hydrogen (secondary N) is 1. The Kier molecular flexibility index (Phi) is 3.34. The number of furan rings is 1. The highest BCUT2D eigenvalue weighted by molar-refractivity contribution is 5.25. The van der Waals surface area contributed by atoms with Crippen LogP contribution in [0.2, 0.25) is 0 Å². The zero-order valence-corrected chi connectivity index (χ0v) is 10.5. The number of fused-ring (bicyclic) bond motifs is 1. The molecule has 19 heavy (non-hydrogen) atoms. The van der Waals surface area contributed by atoms with E-state index in [4.69, 9.17) is 4.42 Å². The molecule has 0 fully saturated rings. The highest BCUT2D eigenvalue weighted by Gasteiger charge is 2.22. The molecular weight excluding hydrogens is 248 g/mol. The lowest BCUT2D eigenvalue weighted by Gasteiger charge is -2.23. The van der Waals surface area contributed by atoms with Gasteiger partial charge in [0, 0.05) is 30.1 Å². The Morgan fingerprint density at radius 3 is 3.05 bits per heavy atom. The van der Waals surface area contributed by atoms with E-state index in [1.807, 2.05) is 6.07 Å². The Balaban J connectivity index is 1.73. The number of aryl methyl sites for hydroxylation is 1. The Morgan fingerprint density at radius 2 is 2.16 bits per heavy atom. The molecule has 1 N–H and O–H groups in total. The lowest BCUT2D eigenvalue weighted by molar-refractivity contribution is 0.406. The van der Waals surface area contributed by atoms with Crippen LogP contribution < -0.4 is 5.32 Å². The Labute approximate surface area is 110 Å². The van der Waals surface area contributed by atoms with Gasteiger partial charge in [-0.25, -0.2) is 8.78 Å². The van der Waals surface area contributed by atoms with E-state index in [1.165, 1.54) is 6.07 Å². The smallest absolute Gasteiger partial charge is 0.163 e. The molecule has 1 aliphatic rings. The summed E-state index contributed by atoms with van der Waals surface area (Å²) in [5.41, 5.74) is 1.50. The topological polar surface area (TPSA) is 25.2 Å². The van der Waals surface area contributed by atoms with Crippen molar-refractivity contribution in [2.45, 2.75) is 31.8 Å². The molecule has 4 heteroatoms. The molecule has 1 aromatic carbocycles. The average molecular weight is 263 g/mol. The van der Waals surface area contributed by atoms with Crippen molar-refractivity contribution >= 4 is 0 Å². The van der Waals surface area contributed by atoms with Crippen molar-refractivity contribution in [1.29, 1.82) is 0 Å². The molecule has 1 unspecified atom stereocenters. The molecule has 0 aliphatic heterocycles. The minimum absolute atomic E-state index is 0.158. The predicted molar refractivity (Wildman–Crippen MR) is 67.6 cm³/mol. The lowest BCUT2D eigenvalue weighted by atomic mass is 9.93. The van der Waals surface area contributed by atoms with Crippen LogP contribution in [0.5, 0.6) is 0 Å². The third-order valence-corrected chi connectivity index (χ3v) is 3.62. The third kappa shape index (κ3) is 2.40. The largest absolute Gasteiger partial charge is 0.469 e. The van der Waals surface area contributed by atoms with Gasteiger partial charge in [-0.05, 0) is 25.0 Å². The fourth-order valence-electron chi connectivity index (χ4n) is 2.62. The first kappa shape index (κ1) is 12.4. The summed E-state index contributed by atoms with van der Waals surface area (Å²) in [6.07, 6.45) is 4.68. The lowest BCUT2D eigenvalue weighted by Crippen LogP contribution is -2.24. The van der Waals surface area contributed by atoms with Crippen LogP contribution in [0.1, 0.15) is 35.8 Å². The van der Waals surface area contributed by atoms with Crippen LogP contribution in [0.4, 0.5) is 8.78 Å². The first-order chi connectivity index (χ1) is 9.25. The second kappa shape index (κ2) is 5.13. The summed E-state index contributed by atoms with van der Waals surface area (Å²) in [5.74, 6) is -0.561. The summed E-state index contributed by atoms with van der Waals surface area (Å²) in [6, 6.07) is 6.37. The molecule has 100 valence electrons. The zero-order chi connectivity index (χ0) is 13.2. The van der Waals surface area contributed by atoms with Gasteiger partial charge in [0.2, 0.25) is 0 Å². The van der Waals surface area contributed by atoms with Crippen LogP contribution in [0.25, 0.3) is 0 Å². The van der Waals surface area contributed by atoms with Gasteiger partial charge in [-0.15, -0.1) is 0 Å². The number of rotatable bonds is 3. The normalized spacial score (nSPS) is 18.3. The van der Waals surface area contributed by atoms with Gasteiger partial charge >= 0.3 is 0 Å². The van der Waals surface area contributed by atoms with Gasteiger partial charge in [0.05, 0.1) is 6.26 Å². The van der Waals surface area contributed by atoms with E-state index in [-0.39, 0.29) is 6.04 Å². The number of halogens is 2. The van der Waals surface area contributed by atoms with Crippen LogP contribution in [-0.2, 0) is 13.0 Å². The molecule has 0 saturated heterocycles. The number of hydrogen-bond acceptors (Lipinski definition) is 2. The van der Waals surface area contributed by atoms with Crippen LogP contribution >= 0.6 is 0 Å². The molecule has 0 saturated carbocycles. The fraction of sp³-hybridized carbons (Fsp3) is 0.333. The van der Waals surface area contributed by atoms with Gasteiger partial charge < -0.3 is 9.73 Å². The van der Waals surface area contributed by atoms with E-state index in [1.54, 1.807) is 12.3 Å². The first-order valence-corrected chi connectivity index (χ1v) is 6.48. The fourth-order valence-corrected chi connectivity index (χ4v) is 2.62. The number of hydrogen-bond donors (Lipinski definition) is 1. The minimum Gasteiger partial charge on any atom is -0.469 e. The summed E-state index contributed by atoms with van der Waals surface area (Å²) >= 11 is 0. The molecule has 2 nitrogen and oxygen atoms in total. The molecule has 1 atom stereocenters. The van der Waals surface area contributed by atoms with Gasteiger partial charge in [-0.2, -0.15) is 0 Å². The third-order valence-electron chi connectivity index (χ3n) is 3.62. The van der Waals surface area contributed by atoms with Gasteiger partial charge in [-0.3, -0.25) is 0 Å². The predicted octanol–water partition coefficient (Wildman–Crippen LogP) is 3.73. The van der Waals surface area contributed by atoms with Crippen LogP contribution in [0.3, 0.4) is 0 Å². The monoisotopic (exact) mass is 263 g/mol. The van der Waals surface area contributed by atoms with E-state index in [2.05, 4.69) is 5.32 Å². The highest BCUT2D eigenvalue weighted by atomic mass is 19.2. The van der Waals surface area contributed by atoms with E-state index in [9.17, 15) is 8.78 Å². The van der Waals surface area contributed by atoms with Gasteiger partial charge in [0.1, 0.15) is 5.76 Å². The van der Waals surface area contributed by atoms with Crippen molar-refractivity contribution in [1.82, 2.24) is 5.32 Å². The summed E-state index contributed by atoms with van der Waals surface area (Å²) in [5, 5.41) is 3.28. The molecule has 0 radical (unpaired) electrons. The molecule has 3 rings (SSSR count). The van der Waals surface area contributed by atoms with Crippen molar-refractivity contribution in [2.75, 3.05) is 0 Å². The second-order valence-electron chi connectivity index (χ2n) is 4.84. The quantitative estimate of drug-likeness (QED) is 0.912. The Morgan fingerprint density at radius 1 is 1.26 bits per heavy atom. The summed E-state index contributed by atoms with van der Waals surface area (Å²) in [7, 11) is 0. The highest BCUT2D eigenvalue weighted by Crippen LogP contribution is 2.30. The van der Waals surface area contributed by atoms with Crippen molar-refractivity contribution in [2.24, 2.45) is 0 Å². The molecule has 0 amide bonds. The minimum atomic E-state index is -0.799. The molecule has 2 aromatic rings. The maximum atomic E-state index is 13.6. The molecular formula is C15H15F2NO. The number of benzene rings is 1. The van der Waals surface area contributed by atoms with Gasteiger partial charge in [0.15, 0.2) is 11.6 Å². The van der Waals surface area contributed by atoms with Crippen LogP contribution in [0, 0.1) is 11.6 Å². The Hall–Kier alpha value is -1.68. The average Bonchev–Trinajstić information content (AvgIpc) is 2.89.